The number of amides is 2. The highest BCUT2D eigenvalue weighted by Gasteiger charge is 2.37. The number of carbonyl (C=O) groups is 2. The lowest BCUT2D eigenvalue weighted by molar-refractivity contribution is -0.132. The van der Waals surface area contributed by atoms with E-state index in [1.807, 2.05) is 4.90 Å². The van der Waals surface area contributed by atoms with Gasteiger partial charge in [0.15, 0.2) is 0 Å². The molecule has 2 heterocycles. The number of rotatable bonds is 5. The van der Waals surface area contributed by atoms with Gasteiger partial charge in [-0.25, -0.2) is 8.78 Å². The summed E-state index contributed by atoms with van der Waals surface area (Å²) in [4.78, 5) is 30.7. The summed E-state index contributed by atoms with van der Waals surface area (Å²) < 4.78 is 27.2. The van der Waals surface area contributed by atoms with Gasteiger partial charge in [0.1, 0.15) is 11.6 Å². The summed E-state index contributed by atoms with van der Waals surface area (Å²) in [7, 11) is 0. The molecular weight excluding hydrogens is 352 g/mol. The zero-order valence-electron chi connectivity index (χ0n) is 16.0. The average molecular weight is 379 g/mol. The zero-order valence-corrected chi connectivity index (χ0v) is 16.0. The smallest absolute Gasteiger partial charge is 0.257 e. The molecule has 1 atom stereocenters. The average Bonchev–Trinajstić information content (AvgIpc) is 3.02. The van der Waals surface area contributed by atoms with Crippen LogP contribution in [0.15, 0.2) is 18.2 Å². The minimum atomic E-state index is -0.712. The Balaban J connectivity index is 1.55. The molecule has 0 spiro atoms. The van der Waals surface area contributed by atoms with Gasteiger partial charge in [0.2, 0.25) is 5.91 Å². The first kappa shape index (κ1) is 19.7. The maximum absolute atomic E-state index is 13.8. The van der Waals surface area contributed by atoms with Crippen LogP contribution in [0.5, 0.6) is 0 Å². The molecule has 0 radical (unpaired) electrons. The maximum atomic E-state index is 13.8. The molecule has 1 aromatic rings. The number of hydrogen-bond donors (Lipinski definition) is 0. The summed E-state index contributed by atoms with van der Waals surface area (Å²) in [6.45, 7) is 7.82. The van der Waals surface area contributed by atoms with Crippen molar-refractivity contribution in [2.45, 2.75) is 32.7 Å². The van der Waals surface area contributed by atoms with E-state index >= 15 is 0 Å². The van der Waals surface area contributed by atoms with Crippen LogP contribution in [-0.2, 0) is 4.79 Å². The van der Waals surface area contributed by atoms with Crippen LogP contribution in [0.25, 0.3) is 0 Å². The topological polar surface area (TPSA) is 43.9 Å². The summed E-state index contributed by atoms with van der Waals surface area (Å²) >= 11 is 0. The first-order chi connectivity index (χ1) is 12.9. The third-order valence-corrected chi connectivity index (χ3v) is 5.45. The normalized spacial score (nSPS) is 21.4. The van der Waals surface area contributed by atoms with E-state index in [-0.39, 0.29) is 17.5 Å². The van der Waals surface area contributed by atoms with Gasteiger partial charge in [-0.15, -0.1) is 0 Å². The molecule has 0 N–H and O–H groups in total. The van der Waals surface area contributed by atoms with Crippen LogP contribution in [-0.4, -0.2) is 71.8 Å². The lowest BCUT2D eigenvalue weighted by atomic mass is 10.1. The standard InChI is InChI=1S/C20H27F2N3O2/c1-14(2)5-7-24-8-6-18(20(24)27)23-9-11-25(12-10-23)19(26)16-13-15(21)3-4-17(16)22/h3-4,13-14,18H,5-12H2,1-2H3. The second-order valence-electron chi connectivity index (χ2n) is 7.76. The Hall–Kier alpha value is -2.02. The van der Waals surface area contributed by atoms with Gasteiger partial charge in [0, 0.05) is 39.3 Å². The highest BCUT2D eigenvalue weighted by atomic mass is 19.1. The van der Waals surface area contributed by atoms with Crippen LogP contribution in [0.1, 0.15) is 37.0 Å². The third kappa shape index (κ3) is 4.46. The monoisotopic (exact) mass is 379 g/mol. The van der Waals surface area contributed by atoms with E-state index in [2.05, 4.69) is 18.7 Å². The molecule has 27 heavy (non-hydrogen) atoms. The van der Waals surface area contributed by atoms with Gasteiger partial charge >= 0.3 is 0 Å². The quantitative estimate of drug-likeness (QED) is 0.789. The van der Waals surface area contributed by atoms with Crippen molar-refractivity contribution in [1.82, 2.24) is 14.7 Å². The van der Waals surface area contributed by atoms with Gasteiger partial charge in [-0.3, -0.25) is 14.5 Å². The van der Waals surface area contributed by atoms with Gasteiger partial charge in [0.25, 0.3) is 5.91 Å². The highest BCUT2D eigenvalue weighted by molar-refractivity contribution is 5.94. The van der Waals surface area contributed by atoms with Crippen molar-refractivity contribution >= 4 is 11.8 Å². The molecule has 2 aliphatic rings. The van der Waals surface area contributed by atoms with Crippen molar-refractivity contribution in [1.29, 1.82) is 0 Å². The van der Waals surface area contributed by atoms with E-state index in [1.165, 1.54) is 4.90 Å². The lowest BCUT2D eigenvalue weighted by Gasteiger charge is -2.37. The van der Waals surface area contributed by atoms with Crippen LogP contribution in [0.2, 0.25) is 0 Å². The second kappa shape index (κ2) is 8.33. The molecule has 3 rings (SSSR count). The van der Waals surface area contributed by atoms with Gasteiger partial charge in [-0.2, -0.15) is 0 Å². The molecule has 2 amide bonds. The van der Waals surface area contributed by atoms with Crippen molar-refractivity contribution < 1.29 is 18.4 Å². The molecule has 0 saturated carbocycles. The molecule has 1 unspecified atom stereocenters. The van der Waals surface area contributed by atoms with Crippen LogP contribution >= 0.6 is 0 Å². The Labute approximate surface area is 158 Å². The van der Waals surface area contributed by atoms with Crippen LogP contribution < -0.4 is 0 Å². The Morgan fingerprint density at radius 3 is 2.52 bits per heavy atom. The maximum Gasteiger partial charge on any atom is 0.257 e. The first-order valence-corrected chi connectivity index (χ1v) is 9.64. The SMILES string of the molecule is CC(C)CCN1CCC(N2CCN(C(=O)c3cc(F)ccc3F)CC2)C1=O. The number of hydrogen-bond acceptors (Lipinski definition) is 3. The van der Waals surface area contributed by atoms with Crippen molar-refractivity contribution in [3.63, 3.8) is 0 Å². The fraction of sp³-hybridized carbons (Fsp3) is 0.600. The lowest BCUT2D eigenvalue weighted by Crippen LogP contribution is -2.54. The zero-order chi connectivity index (χ0) is 19.6. The fourth-order valence-electron chi connectivity index (χ4n) is 3.77. The van der Waals surface area contributed by atoms with Crippen molar-refractivity contribution in [3.05, 3.63) is 35.4 Å². The van der Waals surface area contributed by atoms with E-state index in [0.717, 1.165) is 44.1 Å². The Morgan fingerprint density at radius 2 is 1.85 bits per heavy atom. The Bertz CT molecular complexity index is 702. The molecule has 0 bridgehead atoms. The van der Waals surface area contributed by atoms with Crippen LogP contribution in [0, 0.1) is 17.6 Å². The van der Waals surface area contributed by atoms with E-state index in [4.69, 9.17) is 0 Å². The van der Waals surface area contributed by atoms with E-state index in [1.54, 1.807) is 0 Å². The number of likely N-dealkylation sites (tertiary alicyclic amines) is 1. The van der Waals surface area contributed by atoms with Gasteiger partial charge < -0.3 is 9.80 Å². The van der Waals surface area contributed by atoms with E-state index < -0.39 is 17.5 Å². The van der Waals surface area contributed by atoms with Crippen molar-refractivity contribution in [2.24, 2.45) is 5.92 Å². The van der Waals surface area contributed by atoms with Gasteiger partial charge in [-0.05, 0) is 37.0 Å². The molecule has 7 heteroatoms. The van der Waals surface area contributed by atoms with Gasteiger partial charge in [-0.1, -0.05) is 13.8 Å². The molecule has 2 saturated heterocycles. The molecule has 0 aliphatic carbocycles. The van der Waals surface area contributed by atoms with E-state index in [0.29, 0.717) is 32.1 Å². The Morgan fingerprint density at radius 1 is 1.15 bits per heavy atom. The third-order valence-electron chi connectivity index (χ3n) is 5.45. The first-order valence-electron chi connectivity index (χ1n) is 9.64. The van der Waals surface area contributed by atoms with Gasteiger partial charge in [0.05, 0.1) is 11.6 Å². The van der Waals surface area contributed by atoms with Crippen molar-refractivity contribution in [3.8, 4) is 0 Å². The number of benzene rings is 1. The summed E-state index contributed by atoms with van der Waals surface area (Å²) in [5.74, 6) is -1.10. The van der Waals surface area contributed by atoms with Crippen molar-refractivity contribution in [2.75, 3.05) is 39.3 Å². The molecule has 148 valence electrons. The minimum absolute atomic E-state index is 0.125. The number of piperazine rings is 1. The molecule has 2 aliphatic heterocycles. The minimum Gasteiger partial charge on any atom is -0.341 e. The molecule has 1 aromatic carbocycles. The Kier molecular flexibility index (Phi) is 6.09. The number of halogens is 2. The summed E-state index contributed by atoms with van der Waals surface area (Å²) in [6.07, 6.45) is 1.81. The van der Waals surface area contributed by atoms with E-state index in [9.17, 15) is 18.4 Å². The second-order valence-corrected chi connectivity index (χ2v) is 7.76. The number of nitrogens with zero attached hydrogens (tertiary/aromatic N) is 3. The highest BCUT2D eigenvalue weighted by Crippen LogP contribution is 2.21. The summed E-state index contributed by atoms with van der Waals surface area (Å²) in [6, 6.07) is 2.79. The molecule has 5 nitrogen and oxygen atoms in total. The summed E-state index contributed by atoms with van der Waals surface area (Å²) in [5.41, 5.74) is -0.236. The predicted octanol–water partition coefficient (Wildman–Crippen LogP) is 2.37. The predicted molar refractivity (Wildman–Crippen MR) is 98.3 cm³/mol. The summed E-state index contributed by atoms with van der Waals surface area (Å²) in [5, 5.41) is 0. The largest absolute Gasteiger partial charge is 0.341 e. The number of carbonyl (C=O) groups excluding carboxylic acids is 2. The fourth-order valence-corrected chi connectivity index (χ4v) is 3.77. The molecule has 0 aromatic heterocycles. The van der Waals surface area contributed by atoms with Crippen LogP contribution in [0.4, 0.5) is 8.78 Å². The molecule has 2 fully saturated rings. The molecular formula is C20H27F2N3O2. The van der Waals surface area contributed by atoms with Crippen LogP contribution in [0.3, 0.4) is 0 Å².